The van der Waals surface area contributed by atoms with Gasteiger partial charge in [0, 0.05) is 6.54 Å². The molecule has 1 atom stereocenters. The van der Waals surface area contributed by atoms with Crippen LogP contribution in [0.5, 0.6) is 5.75 Å². The second-order valence-electron chi connectivity index (χ2n) is 2.96. The first kappa shape index (κ1) is 11.6. The van der Waals surface area contributed by atoms with Crippen LogP contribution in [0.2, 0.25) is 0 Å². The van der Waals surface area contributed by atoms with E-state index in [1.54, 1.807) is 12.1 Å². The fourth-order valence-corrected chi connectivity index (χ4v) is 0.945. The number of rotatable bonds is 3. The highest BCUT2D eigenvalue weighted by Gasteiger charge is 2.37. The number of aliphatic hydroxyl groups excluding tert-OH is 1. The lowest BCUT2D eigenvalue weighted by atomic mass is 10.2. The largest absolute Gasteiger partial charge is 0.506 e. The topological polar surface area (TPSA) is 52.5 Å². The van der Waals surface area contributed by atoms with E-state index < -0.39 is 18.8 Å². The van der Waals surface area contributed by atoms with E-state index in [1.165, 1.54) is 12.1 Å². The van der Waals surface area contributed by atoms with Gasteiger partial charge in [0.25, 0.3) is 0 Å². The number of hydrogen-bond acceptors (Lipinski definition) is 3. The van der Waals surface area contributed by atoms with E-state index in [1.807, 2.05) is 0 Å². The summed E-state index contributed by atoms with van der Waals surface area (Å²) in [6.45, 7) is -0.693. The van der Waals surface area contributed by atoms with E-state index in [0.29, 0.717) is 0 Å². The lowest BCUT2D eigenvalue weighted by Gasteiger charge is -2.16. The van der Waals surface area contributed by atoms with E-state index in [9.17, 15) is 18.3 Å². The minimum atomic E-state index is -4.66. The molecule has 0 fully saturated rings. The van der Waals surface area contributed by atoms with Crippen LogP contribution in [0.25, 0.3) is 0 Å². The number of aliphatic hydroxyl groups is 1. The van der Waals surface area contributed by atoms with E-state index in [4.69, 9.17) is 5.11 Å². The van der Waals surface area contributed by atoms with Crippen LogP contribution >= 0.6 is 0 Å². The quantitative estimate of drug-likeness (QED) is 0.681. The summed E-state index contributed by atoms with van der Waals surface area (Å²) in [5.74, 6) is -0.160. The second-order valence-corrected chi connectivity index (χ2v) is 2.96. The number of phenols is 1. The molecule has 0 saturated carbocycles. The number of halogens is 3. The average molecular weight is 221 g/mol. The molecule has 84 valence electrons. The Bertz CT molecular complexity index is 327. The summed E-state index contributed by atoms with van der Waals surface area (Å²) in [5, 5.41) is 20.2. The molecule has 1 unspecified atom stereocenters. The average Bonchev–Trinajstić information content (AvgIpc) is 2.14. The van der Waals surface area contributed by atoms with Gasteiger partial charge in [0.15, 0.2) is 6.10 Å². The summed E-state index contributed by atoms with van der Waals surface area (Å²) in [5.41, 5.74) is 0.154. The molecule has 0 spiro atoms. The third kappa shape index (κ3) is 3.32. The van der Waals surface area contributed by atoms with E-state index in [0.717, 1.165) is 0 Å². The van der Waals surface area contributed by atoms with E-state index in [2.05, 4.69) is 5.32 Å². The molecular formula is C9H10F3NO2. The zero-order valence-corrected chi connectivity index (χ0v) is 7.62. The Balaban J connectivity index is 2.55. The van der Waals surface area contributed by atoms with Crippen LogP contribution in [-0.2, 0) is 0 Å². The molecule has 0 aliphatic carbocycles. The van der Waals surface area contributed by atoms with Crippen molar-refractivity contribution in [2.75, 3.05) is 11.9 Å². The fraction of sp³-hybridized carbons (Fsp3) is 0.333. The molecule has 3 N–H and O–H groups in total. The summed E-state index contributed by atoms with van der Waals surface area (Å²) in [4.78, 5) is 0. The Kier molecular flexibility index (Phi) is 3.41. The van der Waals surface area contributed by atoms with Crippen molar-refractivity contribution in [3.63, 3.8) is 0 Å². The fourth-order valence-electron chi connectivity index (χ4n) is 0.945. The number of phenolic OH excluding ortho intramolecular Hbond substituents is 1. The summed E-state index contributed by atoms with van der Waals surface area (Å²) in [6, 6.07) is 5.85. The van der Waals surface area contributed by atoms with Crippen molar-refractivity contribution < 1.29 is 23.4 Å². The lowest BCUT2D eigenvalue weighted by Crippen LogP contribution is -2.34. The van der Waals surface area contributed by atoms with Crippen LogP contribution in [0.15, 0.2) is 24.3 Å². The number of benzene rings is 1. The van der Waals surface area contributed by atoms with E-state index >= 15 is 0 Å². The minimum absolute atomic E-state index is 0.154. The molecule has 0 aromatic heterocycles. The molecule has 1 rings (SSSR count). The van der Waals surface area contributed by atoms with Gasteiger partial charge in [-0.05, 0) is 12.1 Å². The van der Waals surface area contributed by atoms with Gasteiger partial charge in [0.05, 0.1) is 5.69 Å². The number of nitrogens with one attached hydrogen (secondary N) is 1. The summed E-state index contributed by atoms with van der Waals surface area (Å²) < 4.78 is 35.7. The Hall–Kier alpha value is -1.43. The minimum Gasteiger partial charge on any atom is -0.506 e. The normalized spacial score (nSPS) is 13.6. The number of anilines is 1. The molecule has 0 aliphatic rings. The molecule has 3 nitrogen and oxygen atoms in total. The van der Waals surface area contributed by atoms with Crippen molar-refractivity contribution >= 4 is 5.69 Å². The van der Waals surface area contributed by atoms with Gasteiger partial charge < -0.3 is 15.5 Å². The van der Waals surface area contributed by atoms with Gasteiger partial charge in [-0.3, -0.25) is 0 Å². The number of para-hydroxylation sites is 2. The van der Waals surface area contributed by atoms with Crippen LogP contribution in [-0.4, -0.2) is 29.0 Å². The SMILES string of the molecule is Oc1ccccc1NCC(O)C(F)(F)F. The van der Waals surface area contributed by atoms with Crippen LogP contribution in [0.4, 0.5) is 18.9 Å². The van der Waals surface area contributed by atoms with Gasteiger partial charge >= 0.3 is 6.18 Å². The van der Waals surface area contributed by atoms with Gasteiger partial charge in [-0.25, -0.2) is 0 Å². The zero-order chi connectivity index (χ0) is 11.5. The highest BCUT2D eigenvalue weighted by atomic mass is 19.4. The van der Waals surface area contributed by atoms with Gasteiger partial charge in [0.2, 0.25) is 0 Å². The van der Waals surface area contributed by atoms with Crippen LogP contribution in [0.1, 0.15) is 0 Å². The van der Waals surface area contributed by atoms with Gasteiger partial charge in [-0.15, -0.1) is 0 Å². The predicted molar refractivity (Wildman–Crippen MR) is 48.7 cm³/mol. The molecule has 6 heteroatoms. The van der Waals surface area contributed by atoms with Crippen molar-refractivity contribution in [3.05, 3.63) is 24.3 Å². The smallest absolute Gasteiger partial charge is 0.416 e. The molecule has 0 aliphatic heterocycles. The Morgan fingerprint density at radius 3 is 2.40 bits per heavy atom. The first-order chi connectivity index (χ1) is 6.91. The Labute approximate surface area is 84.2 Å². The number of aromatic hydroxyl groups is 1. The maximum atomic E-state index is 11.9. The first-order valence-electron chi connectivity index (χ1n) is 4.18. The highest BCUT2D eigenvalue weighted by Crippen LogP contribution is 2.24. The highest BCUT2D eigenvalue weighted by molar-refractivity contribution is 5.55. The first-order valence-corrected chi connectivity index (χ1v) is 4.18. The zero-order valence-electron chi connectivity index (χ0n) is 7.62. The van der Waals surface area contributed by atoms with Crippen molar-refractivity contribution in [2.24, 2.45) is 0 Å². The molecule has 15 heavy (non-hydrogen) atoms. The van der Waals surface area contributed by atoms with E-state index in [-0.39, 0.29) is 11.4 Å². The molecule has 0 bridgehead atoms. The molecular weight excluding hydrogens is 211 g/mol. The number of alkyl halides is 3. The Morgan fingerprint density at radius 1 is 1.27 bits per heavy atom. The molecule has 0 amide bonds. The van der Waals surface area contributed by atoms with Crippen LogP contribution in [0, 0.1) is 0 Å². The predicted octanol–water partition coefficient (Wildman–Crippen LogP) is 1.73. The van der Waals surface area contributed by atoms with Gasteiger partial charge in [0.1, 0.15) is 5.75 Å². The third-order valence-electron chi connectivity index (χ3n) is 1.77. The standard InChI is InChI=1S/C9H10F3NO2/c10-9(11,12)8(15)5-13-6-3-1-2-4-7(6)14/h1-4,8,13-15H,5H2. The van der Waals surface area contributed by atoms with Crippen molar-refractivity contribution in [1.29, 1.82) is 0 Å². The summed E-state index contributed by atoms with van der Waals surface area (Å²) >= 11 is 0. The lowest BCUT2D eigenvalue weighted by molar-refractivity contribution is -0.198. The maximum absolute atomic E-state index is 11.9. The summed E-state index contributed by atoms with van der Waals surface area (Å²) in [6.07, 6.45) is -7.10. The molecule has 1 aromatic rings. The maximum Gasteiger partial charge on any atom is 0.416 e. The molecule has 1 aromatic carbocycles. The second kappa shape index (κ2) is 4.39. The van der Waals surface area contributed by atoms with Gasteiger partial charge in [-0.1, -0.05) is 12.1 Å². The number of hydrogen-bond donors (Lipinski definition) is 3. The molecule has 0 heterocycles. The molecule has 0 radical (unpaired) electrons. The third-order valence-corrected chi connectivity index (χ3v) is 1.77. The summed E-state index contributed by atoms with van der Waals surface area (Å²) in [7, 11) is 0. The van der Waals surface area contributed by atoms with Crippen molar-refractivity contribution in [1.82, 2.24) is 0 Å². The van der Waals surface area contributed by atoms with Gasteiger partial charge in [-0.2, -0.15) is 13.2 Å². The van der Waals surface area contributed by atoms with Crippen molar-refractivity contribution in [2.45, 2.75) is 12.3 Å². The monoisotopic (exact) mass is 221 g/mol. The Morgan fingerprint density at radius 2 is 1.87 bits per heavy atom. The van der Waals surface area contributed by atoms with Crippen molar-refractivity contribution in [3.8, 4) is 5.75 Å². The molecule has 0 saturated heterocycles. The van der Waals surface area contributed by atoms with Crippen LogP contribution in [0.3, 0.4) is 0 Å². The van der Waals surface area contributed by atoms with Crippen LogP contribution < -0.4 is 5.32 Å².